The Hall–Kier alpha value is -0.960. The number of hydrogen-bond donors (Lipinski definition) is 1. The summed E-state index contributed by atoms with van der Waals surface area (Å²) in [4.78, 5) is 0. The summed E-state index contributed by atoms with van der Waals surface area (Å²) in [5, 5.41) is 8.24. The van der Waals surface area contributed by atoms with Crippen molar-refractivity contribution >= 4 is 10.0 Å². The highest BCUT2D eigenvalue weighted by molar-refractivity contribution is 7.89. The van der Waals surface area contributed by atoms with Crippen LogP contribution in [0.2, 0.25) is 0 Å². The molecular weight excluding hydrogens is 352 g/mol. The zero-order valence-electron chi connectivity index (χ0n) is 15.7. The maximum absolute atomic E-state index is 13.0. The molecular formula is C18H30N4O3S. The van der Waals surface area contributed by atoms with Gasteiger partial charge >= 0.3 is 0 Å². The van der Waals surface area contributed by atoms with E-state index in [0.717, 1.165) is 57.1 Å². The SMILES string of the molecule is Cc1cc(S(=O)(=O)N2C[C@H]3CC(NCC4CCOCC4)C[C@H]3C2)n(C)n1. The van der Waals surface area contributed by atoms with Crippen LogP contribution in [0.15, 0.2) is 11.1 Å². The van der Waals surface area contributed by atoms with Crippen molar-refractivity contribution in [2.75, 3.05) is 32.8 Å². The fourth-order valence-electron chi connectivity index (χ4n) is 4.86. The number of nitrogens with one attached hydrogen (secondary N) is 1. The lowest BCUT2D eigenvalue weighted by molar-refractivity contribution is 0.0654. The number of hydrogen-bond acceptors (Lipinski definition) is 5. The molecule has 0 aromatic carbocycles. The summed E-state index contributed by atoms with van der Waals surface area (Å²) < 4.78 is 34.5. The van der Waals surface area contributed by atoms with E-state index in [1.807, 2.05) is 6.92 Å². The largest absolute Gasteiger partial charge is 0.381 e. The monoisotopic (exact) mass is 382 g/mol. The second kappa shape index (κ2) is 7.22. The Bertz CT molecular complexity index is 728. The molecule has 0 radical (unpaired) electrons. The Morgan fingerprint density at radius 2 is 1.88 bits per heavy atom. The van der Waals surface area contributed by atoms with Crippen LogP contribution in [0.1, 0.15) is 31.4 Å². The second-order valence-electron chi connectivity index (χ2n) is 8.22. The average Bonchev–Trinajstić information content (AvgIpc) is 3.27. The van der Waals surface area contributed by atoms with E-state index in [4.69, 9.17) is 4.74 Å². The molecule has 7 nitrogen and oxygen atoms in total. The van der Waals surface area contributed by atoms with Gasteiger partial charge in [-0.3, -0.25) is 4.68 Å². The summed E-state index contributed by atoms with van der Waals surface area (Å²) in [6.45, 7) is 5.97. The van der Waals surface area contributed by atoms with Crippen LogP contribution >= 0.6 is 0 Å². The molecule has 8 heteroatoms. The lowest BCUT2D eigenvalue weighted by Crippen LogP contribution is -2.36. The molecule has 2 aliphatic heterocycles. The van der Waals surface area contributed by atoms with Crippen LogP contribution in [0, 0.1) is 24.7 Å². The van der Waals surface area contributed by atoms with Crippen LogP contribution in [-0.4, -0.2) is 61.4 Å². The molecule has 0 spiro atoms. The highest BCUT2D eigenvalue weighted by atomic mass is 32.2. The molecule has 0 amide bonds. The highest BCUT2D eigenvalue weighted by Gasteiger charge is 2.45. The molecule has 1 aromatic heterocycles. The molecule has 1 unspecified atom stereocenters. The van der Waals surface area contributed by atoms with E-state index in [2.05, 4.69) is 10.4 Å². The van der Waals surface area contributed by atoms with Gasteiger partial charge < -0.3 is 10.1 Å². The predicted molar refractivity (Wildman–Crippen MR) is 98.3 cm³/mol. The van der Waals surface area contributed by atoms with Gasteiger partial charge in [0.1, 0.15) is 0 Å². The third kappa shape index (κ3) is 3.56. The summed E-state index contributed by atoms with van der Waals surface area (Å²) in [7, 11) is -1.74. The van der Waals surface area contributed by atoms with Crippen molar-refractivity contribution in [3.05, 3.63) is 11.8 Å². The number of aromatic nitrogens is 2. The fourth-order valence-corrected chi connectivity index (χ4v) is 6.60. The van der Waals surface area contributed by atoms with Crippen LogP contribution in [0.3, 0.4) is 0 Å². The van der Waals surface area contributed by atoms with Crippen LogP contribution < -0.4 is 5.32 Å². The van der Waals surface area contributed by atoms with Gasteiger partial charge in [0.25, 0.3) is 10.0 Å². The standard InChI is InChI=1S/C18H30N4O3S/c1-13-7-18(21(2)20-13)26(23,24)22-11-15-8-17(9-16(15)12-22)19-10-14-3-5-25-6-4-14/h7,14-17,19H,3-6,8-12H2,1-2H3/t15-,16+,17?. The highest BCUT2D eigenvalue weighted by Crippen LogP contribution is 2.40. The summed E-state index contributed by atoms with van der Waals surface area (Å²) in [5.74, 6) is 1.69. The lowest BCUT2D eigenvalue weighted by Gasteiger charge is -2.25. The topological polar surface area (TPSA) is 76.5 Å². The summed E-state index contributed by atoms with van der Waals surface area (Å²) >= 11 is 0. The molecule has 1 aromatic rings. The van der Waals surface area contributed by atoms with E-state index < -0.39 is 10.0 Å². The van der Waals surface area contributed by atoms with Crippen molar-refractivity contribution in [3.63, 3.8) is 0 Å². The van der Waals surface area contributed by atoms with Crippen molar-refractivity contribution in [2.24, 2.45) is 24.8 Å². The Balaban J connectivity index is 1.32. The Labute approximate surface area is 156 Å². The minimum atomic E-state index is -3.44. The molecule has 3 fully saturated rings. The predicted octanol–water partition coefficient (Wildman–Crippen LogP) is 1.14. The van der Waals surface area contributed by atoms with Gasteiger partial charge in [0, 0.05) is 39.4 Å². The molecule has 3 atom stereocenters. The smallest absolute Gasteiger partial charge is 0.260 e. The van der Waals surface area contributed by atoms with Crippen molar-refractivity contribution in [1.82, 2.24) is 19.4 Å². The second-order valence-corrected chi connectivity index (χ2v) is 10.1. The Morgan fingerprint density at radius 1 is 1.23 bits per heavy atom. The van der Waals surface area contributed by atoms with E-state index in [9.17, 15) is 8.42 Å². The van der Waals surface area contributed by atoms with Crippen molar-refractivity contribution in [3.8, 4) is 0 Å². The van der Waals surface area contributed by atoms with Gasteiger partial charge in [-0.1, -0.05) is 0 Å². The van der Waals surface area contributed by atoms with Gasteiger partial charge in [-0.2, -0.15) is 9.40 Å². The van der Waals surface area contributed by atoms with Crippen LogP contribution in [0.5, 0.6) is 0 Å². The number of ether oxygens (including phenoxy) is 1. The fraction of sp³-hybridized carbons (Fsp3) is 0.833. The average molecular weight is 383 g/mol. The van der Waals surface area contributed by atoms with Gasteiger partial charge in [0.2, 0.25) is 0 Å². The van der Waals surface area contributed by atoms with Crippen molar-refractivity contribution in [1.29, 1.82) is 0 Å². The zero-order chi connectivity index (χ0) is 18.3. The van der Waals surface area contributed by atoms with E-state index >= 15 is 0 Å². The number of fused-ring (bicyclic) bond motifs is 1. The summed E-state index contributed by atoms with van der Waals surface area (Å²) in [6, 6.07) is 2.21. The van der Waals surface area contributed by atoms with Crippen molar-refractivity contribution < 1.29 is 13.2 Å². The van der Waals surface area contributed by atoms with Gasteiger partial charge in [-0.05, 0) is 63.0 Å². The molecule has 3 heterocycles. The van der Waals surface area contributed by atoms with Crippen LogP contribution in [-0.2, 0) is 21.8 Å². The first-order valence-corrected chi connectivity index (χ1v) is 11.2. The van der Waals surface area contributed by atoms with E-state index in [1.54, 1.807) is 17.4 Å². The molecule has 146 valence electrons. The molecule has 3 aliphatic rings. The maximum Gasteiger partial charge on any atom is 0.260 e. The molecule has 2 saturated heterocycles. The first kappa shape index (κ1) is 18.4. The molecule has 1 N–H and O–H groups in total. The summed E-state index contributed by atoms with van der Waals surface area (Å²) in [6.07, 6.45) is 4.49. The van der Waals surface area contributed by atoms with Gasteiger partial charge in [0.05, 0.1) is 5.69 Å². The summed E-state index contributed by atoms with van der Waals surface area (Å²) in [5.41, 5.74) is 0.739. The maximum atomic E-state index is 13.0. The van der Waals surface area contributed by atoms with Gasteiger partial charge in [-0.25, -0.2) is 8.42 Å². The number of rotatable bonds is 5. The normalized spacial score (nSPS) is 30.8. The Kier molecular flexibility index (Phi) is 5.11. The third-order valence-corrected chi connectivity index (χ3v) is 8.21. The number of nitrogens with zero attached hydrogens (tertiary/aromatic N) is 3. The lowest BCUT2D eigenvalue weighted by atomic mass is 10.00. The Morgan fingerprint density at radius 3 is 2.46 bits per heavy atom. The first-order chi connectivity index (χ1) is 12.4. The minimum Gasteiger partial charge on any atom is -0.381 e. The van der Waals surface area contributed by atoms with Crippen LogP contribution in [0.4, 0.5) is 0 Å². The number of aryl methyl sites for hydroxylation is 2. The van der Waals surface area contributed by atoms with E-state index in [0.29, 0.717) is 36.0 Å². The van der Waals surface area contributed by atoms with Gasteiger partial charge in [0.15, 0.2) is 5.03 Å². The number of sulfonamides is 1. The van der Waals surface area contributed by atoms with E-state index in [1.165, 1.54) is 4.68 Å². The molecule has 1 aliphatic carbocycles. The third-order valence-electron chi connectivity index (χ3n) is 6.32. The van der Waals surface area contributed by atoms with E-state index in [-0.39, 0.29) is 0 Å². The molecule has 0 bridgehead atoms. The quantitative estimate of drug-likeness (QED) is 0.827. The minimum absolute atomic E-state index is 0.309. The molecule has 26 heavy (non-hydrogen) atoms. The first-order valence-electron chi connectivity index (χ1n) is 9.75. The zero-order valence-corrected chi connectivity index (χ0v) is 16.5. The molecule has 4 rings (SSSR count). The van der Waals surface area contributed by atoms with Crippen molar-refractivity contribution in [2.45, 2.75) is 43.7 Å². The van der Waals surface area contributed by atoms with Gasteiger partial charge in [-0.15, -0.1) is 0 Å². The van der Waals surface area contributed by atoms with Crippen LogP contribution in [0.25, 0.3) is 0 Å². The molecule has 1 saturated carbocycles.